The van der Waals surface area contributed by atoms with E-state index in [1.54, 1.807) is 66.0 Å². The van der Waals surface area contributed by atoms with Crippen LogP contribution in [0.1, 0.15) is 196 Å². The van der Waals surface area contributed by atoms with Gasteiger partial charge >= 0.3 is 12.1 Å². The molecule has 2 saturated heterocycles. The molecule has 0 aliphatic carbocycles. The molecule has 24 heteroatoms. The number of fused-ring (bicyclic) bond motifs is 5. The van der Waals surface area contributed by atoms with Gasteiger partial charge in [0.05, 0.1) is 31.4 Å². The van der Waals surface area contributed by atoms with Gasteiger partial charge < -0.3 is 54.0 Å². The van der Waals surface area contributed by atoms with Gasteiger partial charge in [-0.3, -0.25) is 43.7 Å². The molecule has 0 aromatic heterocycles. The number of amides is 5. The topological polar surface area (TPSA) is 310 Å². The first kappa shape index (κ1) is 92.4. The van der Waals surface area contributed by atoms with Gasteiger partial charge in [-0.1, -0.05) is 159 Å². The molecule has 2 fully saturated rings. The molecule has 3 aliphatic rings. The fourth-order valence-electron chi connectivity index (χ4n) is 7.65. The van der Waals surface area contributed by atoms with Gasteiger partial charge in [-0.05, 0) is 96.8 Å². The first-order chi connectivity index (χ1) is 43.6. The molecule has 1 aromatic carbocycles. The molecule has 6 N–H and O–H groups in total. The lowest BCUT2D eigenvalue weighted by Gasteiger charge is -2.42. The number of aliphatic hydroxyl groups is 1. The lowest BCUT2D eigenvalue weighted by atomic mass is 9.83. The molecule has 5 amide bonds. The Hall–Kier alpha value is -5.82. The van der Waals surface area contributed by atoms with E-state index in [0.29, 0.717) is 17.9 Å². The number of nitrogens with one attached hydrogen (secondary N) is 3. The van der Waals surface area contributed by atoms with Crippen LogP contribution in [0.3, 0.4) is 0 Å². The van der Waals surface area contributed by atoms with Gasteiger partial charge in [-0.15, -0.1) is 0 Å². The van der Waals surface area contributed by atoms with Gasteiger partial charge in [-0.25, -0.2) is 15.5 Å². The van der Waals surface area contributed by atoms with Crippen molar-refractivity contribution in [2.24, 2.45) is 41.4 Å². The average molecular weight is 1360 g/mol. The number of likely N-dealkylation sites (N-methyl/N-ethyl adjacent to an activating group) is 1. The number of halogens is 1. The highest BCUT2D eigenvalue weighted by molar-refractivity contribution is 6.35. The Bertz CT molecular complexity index is 2520. The predicted octanol–water partition coefficient (Wildman–Crippen LogP) is 10.6. The van der Waals surface area contributed by atoms with Crippen molar-refractivity contribution in [3.63, 3.8) is 0 Å². The van der Waals surface area contributed by atoms with Crippen LogP contribution in [0.15, 0.2) is 35.9 Å². The third-order valence-electron chi connectivity index (χ3n) is 15.4. The summed E-state index contributed by atoms with van der Waals surface area (Å²) in [6.45, 7) is 42.2. The number of alkyl carbamates (subject to hydrolysis) is 1. The number of carbonyl (C=O) groups excluding carboxylic acids is 9. The van der Waals surface area contributed by atoms with Gasteiger partial charge in [0.1, 0.15) is 60.5 Å². The molecule has 0 radical (unpaired) electrons. The Morgan fingerprint density at radius 3 is 1.79 bits per heavy atom. The van der Waals surface area contributed by atoms with Gasteiger partial charge in [0.15, 0.2) is 23.1 Å². The summed E-state index contributed by atoms with van der Waals surface area (Å²) in [5.41, 5.74) is -1.05. The molecule has 4 rings (SSSR count). The molecular formula is C70H123ClN6O17. The highest BCUT2D eigenvalue weighted by Crippen LogP contribution is 2.49. The van der Waals surface area contributed by atoms with Crippen LogP contribution in [-0.4, -0.2) is 166 Å². The lowest BCUT2D eigenvalue weighted by Crippen LogP contribution is -2.63. The summed E-state index contributed by atoms with van der Waals surface area (Å²) < 4.78 is 34.2. The van der Waals surface area contributed by atoms with Crippen LogP contribution in [0.4, 0.5) is 10.5 Å². The van der Waals surface area contributed by atoms with E-state index < -0.39 is 78.2 Å². The van der Waals surface area contributed by atoms with Gasteiger partial charge in [0.2, 0.25) is 23.6 Å². The number of esters is 1. The summed E-state index contributed by atoms with van der Waals surface area (Å²) in [6.07, 6.45) is 5.55. The second-order valence-corrected chi connectivity index (χ2v) is 26.3. The van der Waals surface area contributed by atoms with Crippen molar-refractivity contribution in [1.29, 1.82) is 0 Å². The summed E-state index contributed by atoms with van der Waals surface area (Å²) in [7, 11) is 5.83. The summed E-state index contributed by atoms with van der Waals surface area (Å²) in [5, 5.41) is 19.8. The minimum absolute atomic E-state index is 0.0139. The number of carbonyl (C=O) groups is 9. The van der Waals surface area contributed by atoms with Crippen LogP contribution in [0.5, 0.6) is 5.75 Å². The maximum absolute atomic E-state index is 14.1. The van der Waals surface area contributed by atoms with E-state index in [0.717, 1.165) is 46.8 Å². The summed E-state index contributed by atoms with van der Waals surface area (Å²) in [6, 6.07) is 2.07. The summed E-state index contributed by atoms with van der Waals surface area (Å²) >= 11 is 6.73. The Kier molecular flexibility index (Phi) is 47.1. The molecule has 0 spiro atoms. The fraction of sp³-hybridized carbons (Fsp3) is 0.729. The Morgan fingerprint density at radius 2 is 1.36 bits per heavy atom. The van der Waals surface area contributed by atoms with Crippen LogP contribution in [0.25, 0.3) is 0 Å². The van der Waals surface area contributed by atoms with Crippen molar-refractivity contribution in [3.05, 3.63) is 46.5 Å². The van der Waals surface area contributed by atoms with Crippen LogP contribution in [0.2, 0.25) is 5.02 Å². The number of hydrogen-bond donors (Lipinski definition) is 5. The number of Topliss-reactive ketones (excluding diaryl/α,β-unsaturated/α-hetero) is 3. The maximum Gasteiger partial charge on any atom is 0.409 e. The van der Waals surface area contributed by atoms with E-state index in [1.807, 2.05) is 33.8 Å². The Morgan fingerprint density at radius 1 is 0.840 bits per heavy atom. The monoisotopic (exact) mass is 1350 g/mol. The van der Waals surface area contributed by atoms with E-state index in [9.17, 15) is 48.3 Å². The minimum atomic E-state index is -1.85. The first-order valence-corrected chi connectivity index (χ1v) is 33.3. The molecule has 9 unspecified atom stereocenters. The van der Waals surface area contributed by atoms with Crippen molar-refractivity contribution >= 4 is 70.3 Å². The molecule has 542 valence electrons. The second-order valence-electron chi connectivity index (χ2n) is 26.0. The number of epoxide rings is 1. The van der Waals surface area contributed by atoms with Crippen molar-refractivity contribution < 1.29 is 81.5 Å². The zero-order chi connectivity index (χ0) is 73.6. The van der Waals surface area contributed by atoms with Crippen LogP contribution >= 0.6 is 11.6 Å². The second kappa shape index (κ2) is 48.0. The van der Waals surface area contributed by atoms with Crippen LogP contribution in [-0.2, 0) is 73.3 Å². The van der Waals surface area contributed by atoms with E-state index in [-0.39, 0.29) is 78.1 Å². The quantitative estimate of drug-likeness (QED) is 0.0460. The number of rotatable bonds is 20. The third kappa shape index (κ3) is 36.9. The molecular weight excluding hydrogens is 1230 g/mol. The molecule has 0 saturated carbocycles. The maximum atomic E-state index is 14.1. The van der Waals surface area contributed by atoms with Crippen LogP contribution in [0, 0.1) is 35.5 Å². The largest absolute Gasteiger partial charge is 0.495 e. The highest BCUT2D eigenvalue weighted by atomic mass is 35.5. The zero-order valence-corrected chi connectivity index (χ0v) is 62.7. The van der Waals surface area contributed by atoms with Crippen molar-refractivity contribution in [2.75, 3.05) is 59.6 Å². The standard InChI is InChI=1S/C37H50ClN3O12.C8H15NO2.C7H15NO.3C5H12.C3H7NO2/c1-20-11-10-12-28(49-9)37(47)17-27(51-35(46)39-37)22(3)33-36(5,53-33)29(52-34(45)23(4)40(6)31(44)19-50-18-21(2)42)16-30(43)41(7)25-14-24(13-20)15-26(48-8)32(25)38;1-5(2)8(11)9-6(3)7(4)10;1-4-5-8-7(9)6(2)3;3*1-4-5(2)3;1-3(5)2-6-4/h10-12,14-15,22-23,27-29,33,47H,13,16-19H2,1-9H3,(H,39,46);5-6H,1-4H3,(H,9,11);6H,4-5H2,1-3H3,(H,8,9);3*5H,4H2,1-3H3;2,4H2,1H3/b12-10+,20-11+;;;;;;. The van der Waals surface area contributed by atoms with Crippen molar-refractivity contribution in [1.82, 2.24) is 20.9 Å². The average Bonchev–Trinajstić information content (AvgIpc) is 1.57. The molecule has 23 nitrogen and oxygen atoms in total. The number of anilines is 1. The molecule has 94 heavy (non-hydrogen) atoms. The first-order valence-electron chi connectivity index (χ1n) is 32.9. The van der Waals surface area contributed by atoms with Crippen molar-refractivity contribution in [3.8, 4) is 5.75 Å². The Balaban J connectivity index is -0.00000161. The number of nitrogens with zero attached hydrogens (tertiary/aromatic N) is 2. The van der Waals surface area contributed by atoms with E-state index in [1.165, 1.54) is 73.1 Å². The number of nitrogens with two attached hydrogens (primary N) is 1. The summed E-state index contributed by atoms with van der Waals surface area (Å²) in [5.74, 6) is 4.89. The normalized spacial score (nSPS) is 22.0. The van der Waals surface area contributed by atoms with Gasteiger partial charge in [-0.2, -0.15) is 0 Å². The van der Waals surface area contributed by atoms with Crippen molar-refractivity contribution in [2.45, 2.75) is 245 Å². The number of benzene rings is 1. The van der Waals surface area contributed by atoms with Gasteiger partial charge in [0, 0.05) is 51.9 Å². The molecule has 4 bridgehead atoms. The van der Waals surface area contributed by atoms with Gasteiger partial charge in [0.25, 0.3) is 0 Å². The lowest BCUT2D eigenvalue weighted by molar-refractivity contribution is -0.163. The molecule has 1 aromatic rings. The fourth-order valence-corrected chi connectivity index (χ4v) is 7.97. The summed E-state index contributed by atoms with van der Waals surface area (Å²) in [4.78, 5) is 113. The molecule has 3 heterocycles. The number of allylic oxidation sites excluding steroid dienone is 3. The van der Waals surface area contributed by atoms with Crippen LogP contribution < -0.4 is 31.5 Å². The van der Waals surface area contributed by atoms with E-state index in [4.69, 9.17) is 40.0 Å². The SMILES string of the molecule is CC(=O)C(C)NC(=O)C(C)C.CC(=O)CON.CCC(C)C.CCC(C)C.CCC(C)C.CCCNC(=O)C(C)C.COc1cc2cc(c1Cl)N(C)C(=O)CC(OC(=O)C(C)N(C)C(=O)COCC(C)=O)C1(C)OC1C(C)C1CC(O)(NC(=O)O1)C(OC)/C=C/C=C(\C)C2. The number of ether oxygens (including phenoxy) is 6. The Labute approximate surface area is 568 Å². The molecule has 9 atom stereocenters. The number of hydrogen-bond acceptors (Lipinski definition) is 18. The minimum Gasteiger partial charge on any atom is -0.495 e. The number of ketones is 3. The molecule has 3 aliphatic heterocycles. The zero-order valence-electron chi connectivity index (χ0n) is 61.9. The highest BCUT2D eigenvalue weighted by Gasteiger charge is 2.64. The van der Waals surface area contributed by atoms with E-state index >= 15 is 0 Å². The smallest absolute Gasteiger partial charge is 0.409 e. The third-order valence-corrected chi connectivity index (χ3v) is 15.7. The number of methoxy groups -OCH3 is 2. The van der Waals surface area contributed by atoms with E-state index in [2.05, 4.69) is 89.0 Å². The predicted molar refractivity (Wildman–Crippen MR) is 370 cm³/mol.